The zero-order valence-corrected chi connectivity index (χ0v) is 26.5. The highest BCUT2D eigenvalue weighted by molar-refractivity contribution is 7.90. The minimum atomic E-state index is -3.41. The molecule has 44 heavy (non-hydrogen) atoms. The molecule has 4 aromatic rings. The number of carbonyl (C=O) groups excluding carboxylic acids is 1. The molecule has 0 spiro atoms. The summed E-state index contributed by atoms with van der Waals surface area (Å²) >= 11 is 1.55. The van der Waals surface area contributed by atoms with Crippen molar-refractivity contribution in [3.63, 3.8) is 0 Å². The van der Waals surface area contributed by atoms with Gasteiger partial charge in [0.05, 0.1) is 23.8 Å². The van der Waals surface area contributed by atoms with Crippen LogP contribution < -0.4 is 5.32 Å². The monoisotopic (exact) mass is 636 g/mol. The second kappa shape index (κ2) is 15.2. The Bertz CT molecular complexity index is 1690. The van der Waals surface area contributed by atoms with Crippen molar-refractivity contribution in [1.82, 2.24) is 10.3 Å². The molecule has 0 saturated heterocycles. The van der Waals surface area contributed by atoms with Crippen molar-refractivity contribution in [3.8, 4) is 21.7 Å². The number of carboxylic acids is 1. The van der Waals surface area contributed by atoms with E-state index < -0.39 is 27.8 Å². The van der Waals surface area contributed by atoms with Crippen molar-refractivity contribution in [2.75, 3.05) is 25.2 Å². The van der Waals surface area contributed by atoms with Gasteiger partial charge in [0, 0.05) is 30.2 Å². The molecule has 232 valence electrons. The lowest BCUT2D eigenvalue weighted by Gasteiger charge is -2.19. The zero-order valence-electron chi connectivity index (χ0n) is 24.9. The minimum Gasteiger partial charge on any atom is -0.480 e. The molecule has 0 saturated carbocycles. The Morgan fingerprint density at radius 3 is 2.43 bits per heavy atom. The molecule has 0 bridgehead atoms. The first kappa shape index (κ1) is 33.0. The van der Waals surface area contributed by atoms with Gasteiger partial charge in [0.25, 0.3) is 5.91 Å². The average Bonchev–Trinajstić information content (AvgIpc) is 3.49. The molecule has 2 N–H and O–H groups in total. The summed E-state index contributed by atoms with van der Waals surface area (Å²) in [5.74, 6) is -2.27. The van der Waals surface area contributed by atoms with Gasteiger partial charge in [-0.25, -0.2) is 18.2 Å². The van der Waals surface area contributed by atoms with Gasteiger partial charge in [-0.3, -0.25) is 4.79 Å². The number of aryl methyl sites for hydroxylation is 1. The molecule has 2 atom stereocenters. The number of aliphatic carboxylic acids is 1. The topological polar surface area (TPSA) is 132 Å². The number of hydrogen-bond donors (Lipinski definition) is 2. The van der Waals surface area contributed by atoms with Gasteiger partial charge in [-0.05, 0) is 54.7 Å². The number of carbonyl (C=O) groups is 2. The second-order valence-corrected chi connectivity index (χ2v) is 13.7. The van der Waals surface area contributed by atoms with Crippen LogP contribution in [0.4, 0.5) is 0 Å². The molecule has 1 amide bonds. The number of ether oxygens (including phenoxy) is 2. The van der Waals surface area contributed by atoms with E-state index in [1.54, 1.807) is 23.5 Å². The molecule has 3 aromatic carbocycles. The summed E-state index contributed by atoms with van der Waals surface area (Å²) in [5.41, 5.74) is 4.45. The van der Waals surface area contributed by atoms with E-state index in [1.807, 2.05) is 80.7 Å². The Hall–Kier alpha value is -3.90. The molecule has 1 heterocycles. The number of thiazole rings is 1. The third-order valence-electron chi connectivity index (χ3n) is 6.93. The predicted molar refractivity (Wildman–Crippen MR) is 171 cm³/mol. The summed E-state index contributed by atoms with van der Waals surface area (Å²) in [5, 5.41) is 13.0. The van der Waals surface area contributed by atoms with Gasteiger partial charge in [-0.2, -0.15) is 0 Å². The Morgan fingerprint density at radius 1 is 1.02 bits per heavy atom. The van der Waals surface area contributed by atoms with Crippen LogP contribution in [0, 0.1) is 6.92 Å². The van der Waals surface area contributed by atoms with Crippen LogP contribution in [-0.4, -0.2) is 61.6 Å². The zero-order chi connectivity index (χ0) is 31.7. The summed E-state index contributed by atoms with van der Waals surface area (Å²) in [6.07, 6.45) is 2.24. The van der Waals surface area contributed by atoms with Gasteiger partial charge >= 0.3 is 5.97 Å². The van der Waals surface area contributed by atoms with E-state index in [9.17, 15) is 23.1 Å². The van der Waals surface area contributed by atoms with Crippen molar-refractivity contribution < 1.29 is 32.6 Å². The third kappa shape index (κ3) is 9.06. The lowest BCUT2D eigenvalue weighted by molar-refractivity contribution is -0.139. The van der Waals surface area contributed by atoms with E-state index in [1.165, 1.54) is 0 Å². The van der Waals surface area contributed by atoms with E-state index in [0.717, 1.165) is 38.4 Å². The Kier molecular flexibility index (Phi) is 11.4. The Morgan fingerprint density at radius 2 is 1.75 bits per heavy atom. The molecule has 0 radical (unpaired) electrons. The highest BCUT2D eigenvalue weighted by atomic mass is 32.2. The van der Waals surface area contributed by atoms with E-state index >= 15 is 0 Å². The molecule has 11 heteroatoms. The van der Waals surface area contributed by atoms with Crippen LogP contribution in [0.25, 0.3) is 21.7 Å². The number of hydrogen-bond acceptors (Lipinski definition) is 8. The maximum absolute atomic E-state index is 13.4. The largest absolute Gasteiger partial charge is 0.480 e. The van der Waals surface area contributed by atoms with Crippen molar-refractivity contribution >= 4 is 33.1 Å². The number of rotatable bonds is 15. The van der Waals surface area contributed by atoms with Gasteiger partial charge in [0.15, 0.2) is 0 Å². The van der Waals surface area contributed by atoms with Crippen LogP contribution in [0.5, 0.6) is 0 Å². The lowest BCUT2D eigenvalue weighted by Crippen LogP contribution is -2.42. The standard InChI is InChI=1S/C33H36N2O7S2/c1-4-41-21-29(30-19-34-32(43-30)24-11-6-5-7-12-24)42-20-23-14-15-26(27(18-23)25-13-9-8-10-22(25)2)31(36)35-28(33(37)38)16-17-44(3,39)40/h5-15,18-19,28-29H,4,16-17,20-21H2,1-3H3,(H,35,36)(H,37,38)/t28-,29+/m0/s1. The molecular weight excluding hydrogens is 601 g/mol. The molecule has 9 nitrogen and oxygen atoms in total. The predicted octanol–water partition coefficient (Wildman–Crippen LogP) is 5.70. The first-order chi connectivity index (χ1) is 21.1. The minimum absolute atomic E-state index is 0.225. The molecule has 0 aliphatic heterocycles. The molecule has 0 fully saturated rings. The van der Waals surface area contributed by atoms with Crippen molar-refractivity contribution in [3.05, 3.63) is 101 Å². The fourth-order valence-electron chi connectivity index (χ4n) is 4.59. The number of nitrogens with zero attached hydrogens (tertiary/aromatic N) is 1. The van der Waals surface area contributed by atoms with Crippen LogP contribution in [0.2, 0.25) is 0 Å². The molecule has 4 rings (SSSR count). The maximum Gasteiger partial charge on any atom is 0.326 e. The second-order valence-electron chi connectivity index (χ2n) is 10.4. The Balaban J connectivity index is 1.59. The third-order valence-corrected chi connectivity index (χ3v) is 9.05. The van der Waals surface area contributed by atoms with E-state index in [0.29, 0.717) is 18.8 Å². The Labute approximate surface area is 261 Å². The van der Waals surface area contributed by atoms with Gasteiger partial charge < -0.3 is 19.9 Å². The summed E-state index contributed by atoms with van der Waals surface area (Å²) in [6, 6.07) is 21.4. The number of benzene rings is 3. The van der Waals surface area contributed by atoms with Gasteiger partial charge in [-0.15, -0.1) is 11.3 Å². The van der Waals surface area contributed by atoms with Crippen molar-refractivity contribution in [1.29, 1.82) is 0 Å². The van der Waals surface area contributed by atoms with Crippen molar-refractivity contribution in [2.24, 2.45) is 0 Å². The van der Waals surface area contributed by atoms with Gasteiger partial charge in [-0.1, -0.05) is 60.7 Å². The van der Waals surface area contributed by atoms with Crippen LogP contribution in [0.1, 0.15) is 45.8 Å². The van der Waals surface area contributed by atoms with Crippen LogP contribution in [0.15, 0.2) is 79.0 Å². The normalized spacial score (nSPS) is 12.9. The lowest BCUT2D eigenvalue weighted by atomic mass is 9.93. The fourth-order valence-corrected chi connectivity index (χ4v) is 6.21. The average molecular weight is 637 g/mol. The molecule has 0 unspecified atom stereocenters. The highest BCUT2D eigenvalue weighted by Crippen LogP contribution is 2.33. The van der Waals surface area contributed by atoms with Crippen LogP contribution in [-0.2, 0) is 30.7 Å². The van der Waals surface area contributed by atoms with E-state index in [-0.39, 0.29) is 30.4 Å². The first-order valence-corrected chi connectivity index (χ1v) is 17.0. The molecule has 0 aliphatic rings. The quantitative estimate of drug-likeness (QED) is 0.170. The van der Waals surface area contributed by atoms with Gasteiger partial charge in [0.2, 0.25) is 0 Å². The van der Waals surface area contributed by atoms with Crippen LogP contribution >= 0.6 is 11.3 Å². The van der Waals surface area contributed by atoms with Crippen LogP contribution in [0.3, 0.4) is 0 Å². The molecular formula is C33H36N2O7S2. The smallest absolute Gasteiger partial charge is 0.326 e. The summed E-state index contributed by atoms with van der Waals surface area (Å²) < 4.78 is 35.3. The van der Waals surface area contributed by atoms with Gasteiger partial charge in [0.1, 0.15) is 27.0 Å². The number of nitrogens with one attached hydrogen (secondary N) is 1. The number of sulfone groups is 1. The van der Waals surface area contributed by atoms with E-state index in [4.69, 9.17) is 9.47 Å². The fraction of sp³-hybridized carbons (Fsp3) is 0.303. The maximum atomic E-state index is 13.4. The number of amides is 1. The highest BCUT2D eigenvalue weighted by Gasteiger charge is 2.25. The molecule has 1 aromatic heterocycles. The number of carboxylic acid groups (broad SMARTS) is 1. The van der Waals surface area contributed by atoms with E-state index in [2.05, 4.69) is 10.3 Å². The van der Waals surface area contributed by atoms with Crippen molar-refractivity contribution in [2.45, 2.75) is 39.0 Å². The number of aromatic nitrogens is 1. The summed E-state index contributed by atoms with van der Waals surface area (Å²) in [4.78, 5) is 30.8. The SMILES string of the molecule is CCOC[C@@H](OCc1ccc(C(=O)N[C@@H](CCS(C)(=O)=O)C(=O)O)c(-c2ccccc2C)c1)c1cnc(-c2ccccc2)s1. The first-order valence-electron chi connectivity index (χ1n) is 14.2. The summed E-state index contributed by atoms with van der Waals surface area (Å²) in [6.45, 7) is 4.96. The molecule has 0 aliphatic carbocycles. The summed E-state index contributed by atoms with van der Waals surface area (Å²) in [7, 11) is -3.41.